The van der Waals surface area contributed by atoms with E-state index in [-0.39, 0.29) is 18.3 Å². The molecule has 0 spiro atoms. The highest BCUT2D eigenvalue weighted by atomic mass is 35.5. The van der Waals surface area contributed by atoms with Gasteiger partial charge in [-0.25, -0.2) is 4.79 Å². The first-order valence-electron chi connectivity index (χ1n) is 5.78. The Morgan fingerprint density at radius 3 is 2.63 bits per heavy atom. The van der Waals surface area contributed by atoms with Crippen LogP contribution in [0.15, 0.2) is 46.0 Å². The predicted molar refractivity (Wildman–Crippen MR) is 72.4 cm³/mol. The van der Waals surface area contributed by atoms with Crippen molar-refractivity contribution < 1.29 is 4.74 Å². The molecule has 0 bridgehead atoms. The SMILES string of the molecule is O=c1cc(Cl)[nH]c(=O)n1CCOCc1ccccc1. The molecule has 0 radical (unpaired) electrons. The summed E-state index contributed by atoms with van der Waals surface area (Å²) in [5.74, 6) is 0. The summed E-state index contributed by atoms with van der Waals surface area (Å²) in [6, 6.07) is 10.8. The summed E-state index contributed by atoms with van der Waals surface area (Å²) in [7, 11) is 0. The largest absolute Gasteiger partial charge is 0.375 e. The zero-order valence-electron chi connectivity index (χ0n) is 10.1. The van der Waals surface area contributed by atoms with Crippen LogP contribution in [0.1, 0.15) is 5.56 Å². The Kier molecular flexibility index (Phi) is 4.54. The molecule has 2 rings (SSSR count). The Labute approximate surface area is 114 Å². The third-order valence-corrected chi connectivity index (χ3v) is 2.76. The van der Waals surface area contributed by atoms with E-state index in [1.165, 1.54) is 6.07 Å². The Bertz CT molecular complexity index is 618. The van der Waals surface area contributed by atoms with Crippen LogP contribution in [0.25, 0.3) is 0 Å². The van der Waals surface area contributed by atoms with Gasteiger partial charge in [0, 0.05) is 6.07 Å². The van der Waals surface area contributed by atoms with Crippen LogP contribution in [0, 0.1) is 0 Å². The van der Waals surface area contributed by atoms with Gasteiger partial charge in [0.2, 0.25) is 0 Å². The lowest BCUT2D eigenvalue weighted by Gasteiger charge is -2.06. The highest BCUT2D eigenvalue weighted by molar-refractivity contribution is 6.29. The molecule has 0 aliphatic carbocycles. The molecule has 100 valence electrons. The first-order chi connectivity index (χ1) is 9.16. The number of ether oxygens (including phenoxy) is 1. The summed E-state index contributed by atoms with van der Waals surface area (Å²) in [5, 5.41) is 0.0384. The number of hydrogen-bond donors (Lipinski definition) is 1. The summed E-state index contributed by atoms with van der Waals surface area (Å²) in [4.78, 5) is 25.4. The van der Waals surface area contributed by atoms with Gasteiger partial charge in [0.05, 0.1) is 19.8 Å². The second-order valence-corrected chi connectivity index (χ2v) is 4.36. The molecule has 0 aliphatic rings. The van der Waals surface area contributed by atoms with E-state index in [4.69, 9.17) is 16.3 Å². The molecule has 19 heavy (non-hydrogen) atoms. The first kappa shape index (κ1) is 13.6. The van der Waals surface area contributed by atoms with Crippen LogP contribution in [0.2, 0.25) is 5.15 Å². The van der Waals surface area contributed by atoms with Crippen molar-refractivity contribution in [2.75, 3.05) is 6.61 Å². The third-order valence-electron chi connectivity index (χ3n) is 2.56. The van der Waals surface area contributed by atoms with Gasteiger partial charge < -0.3 is 4.74 Å². The summed E-state index contributed by atoms with van der Waals surface area (Å²) in [5.41, 5.74) is 0.0812. The van der Waals surface area contributed by atoms with Crippen molar-refractivity contribution in [3.63, 3.8) is 0 Å². The number of nitrogens with one attached hydrogen (secondary N) is 1. The monoisotopic (exact) mass is 280 g/mol. The predicted octanol–water partition coefficient (Wildman–Crippen LogP) is 1.41. The molecular weight excluding hydrogens is 268 g/mol. The Balaban J connectivity index is 1.90. The maximum absolute atomic E-state index is 11.5. The van der Waals surface area contributed by atoms with Crippen LogP contribution >= 0.6 is 11.6 Å². The summed E-state index contributed by atoms with van der Waals surface area (Å²) in [6.45, 7) is 0.915. The normalized spacial score (nSPS) is 10.6. The number of rotatable bonds is 5. The highest BCUT2D eigenvalue weighted by Gasteiger charge is 2.02. The molecule has 1 heterocycles. The molecule has 1 aromatic heterocycles. The minimum Gasteiger partial charge on any atom is -0.375 e. The average Bonchev–Trinajstić information content (AvgIpc) is 2.38. The zero-order chi connectivity index (χ0) is 13.7. The number of aromatic nitrogens is 2. The van der Waals surface area contributed by atoms with Crippen LogP contribution in [-0.2, 0) is 17.9 Å². The van der Waals surface area contributed by atoms with Crippen molar-refractivity contribution in [3.05, 3.63) is 68.0 Å². The van der Waals surface area contributed by atoms with Gasteiger partial charge in [0.1, 0.15) is 5.15 Å². The average molecular weight is 281 g/mol. The number of nitrogens with zero attached hydrogens (tertiary/aromatic N) is 1. The zero-order valence-corrected chi connectivity index (χ0v) is 10.9. The minimum atomic E-state index is -0.527. The van der Waals surface area contributed by atoms with Gasteiger partial charge in [0.25, 0.3) is 5.56 Å². The van der Waals surface area contributed by atoms with E-state index >= 15 is 0 Å². The van der Waals surface area contributed by atoms with Gasteiger partial charge in [-0.05, 0) is 5.56 Å². The van der Waals surface area contributed by atoms with Crippen LogP contribution in [-0.4, -0.2) is 16.2 Å². The van der Waals surface area contributed by atoms with Gasteiger partial charge in [-0.15, -0.1) is 0 Å². The van der Waals surface area contributed by atoms with Gasteiger partial charge in [0.15, 0.2) is 0 Å². The fourth-order valence-electron chi connectivity index (χ4n) is 1.62. The van der Waals surface area contributed by atoms with E-state index < -0.39 is 11.2 Å². The van der Waals surface area contributed by atoms with Gasteiger partial charge in [-0.1, -0.05) is 41.9 Å². The van der Waals surface area contributed by atoms with Crippen molar-refractivity contribution in [1.82, 2.24) is 9.55 Å². The number of H-pyrrole nitrogens is 1. The van der Waals surface area contributed by atoms with Crippen molar-refractivity contribution in [2.24, 2.45) is 0 Å². The lowest BCUT2D eigenvalue weighted by Crippen LogP contribution is -2.35. The molecule has 1 N–H and O–H groups in total. The molecule has 0 unspecified atom stereocenters. The third kappa shape index (κ3) is 3.81. The molecule has 0 fully saturated rings. The van der Waals surface area contributed by atoms with E-state index in [0.29, 0.717) is 6.61 Å². The van der Waals surface area contributed by atoms with Crippen LogP contribution < -0.4 is 11.2 Å². The Morgan fingerprint density at radius 2 is 1.95 bits per heavy atom. The molecule has 5 nitrogen and oxygen atoms in total. The first-order valence-corrected chi connectivity index (χ1v) is 6.16. The van der Waals surface area contributed by atoms with E-state index in [2.05, 4.69) is 4.98 Å². The number of aromatic amines is 1. The lowest BCUT2D eigenvalue weighted by molar-refractivity contribution is 0.111. The molecule has 1 aromatic carbocycles. The summed E-state index contributed by atoms with van der Waals surface area (Å²) in [6.07, 6.45) is 0. The van der Waals surface area contributed by atoms with Crippen molar-refractivity contribution in [3.8, 4) is 0 Å². The molecule has 0 saturated heterocycles. The van der Waals surface area contributed by atoms with E-state index in [9.17, 15) is 9.59 Å². The van der Waals surface area contributed by atoms with Crippen molar-refractivity contribution >= 4 is 11.6 Å². The second-order valence-electron chi connectivity index (χ2n) is 3.95. The fraction of sp³-hybridized carbons (Fsp3) is 0.231. The summed E-state index contributed by atoms with van der Waals surface area (Å²) < 4.78 is 6.47. The standard InChI is InChI=1S/C13H13ClN2O3/c14-11-8-12(17)16(13(18)15-11)6-7-19-9-10-4-2-1-3-5-10/h1-5,8H,6-7,9H2,(H,15,18). The maximum atomic E-state index is 11.5. The molecule has 0 aliphatic heterocycles. The van der Waals surface area contributed by atoms with Gasteiger partial charge in [-0.2, -0.15) is 0 Å². The van der Waals surface area contributed by atoms with E-state index in [1.54, 1.807) is 0 Å². The Morgan fingerprint density at radius 1 is 1.21 bits per heavy atom. The number of halogens is 1. The van der Waals surface area contributed by atoms with Crippen LogP contribution in [0.4, 0.5) is 0 Å². The lowest BCUT2D eigenvalue weighted by atomic mass is 10.2. The van der Waals surface area contributed by atoms with Crippen LogP contribution in [0.3, 0.4) is 0 Å². The van der Waals surface area contributed by atoms with Crippen molar-refractivity contribution in [1.29, 1.82) is 0 Å². The number of hydrogen-bond acceptors (Lipinski definition) is 3. The van der Waals surface area contributed by atoms with Gasteiger partial charge >= 0.3 is 5.69 Å². The maximum Gasteiger partial charge on any atom is 0.329 e. The molecular formula is C13H13ClN2O3. The summed E-state index contributed by atoms with van der Waals surface area (Å²) >= 11 is 5.56. The quantitative estimate of drug-likeness (QED) is 0.665. The molecule has 6 heteroatoms. The molecule has 0 atom stereocenters. The molecule has 0 saturated carbocycles. The topological polar surface area (TPSA) is 64.1 Å². The smallest absolute Gasteiger partial charge is 0.329 e. The number of benzene rings is 1. The molecule has 0 amide bonds. The van der Waals surface area contributed by atoms with E-state index in [1.807, 2.05) is 30.3 Å². The van der Waals surface area contributed by atoms with Gasteiger partial charge in [-0.3, -0.25) is 14.3 Å². The molecule has 2 aromatic rings. The minimum absolute atomic E-state index is 0.0384. The fourth-order valence-corrected chi connectivity index (χ4v) is 1.80. The highest BCUT2D eigenvalue weighted by Crippen LogP contribution is 2.00. The van der Waals surface area contributed by atoms with Crippen LogP contribution in [0.5, 0.6) is 0 Å². The second kappa shape index (κ2) is 6.36. The van der Waals surface area contributed by atoms with E-state index in [0.717, 1.165) is 10.1 Å². The van der Waals surface area contributed by atoms with Crippen molar-refractivity contribution in [2.45, 2.75) is 13.2 Å². The Hall–Kier alpha value is -1.85.